The number of anilines is 1. The molecular formula is C18H19NO4. The predicted molar refractivity (Wildman–Crippen MR) is 87.1 cm³/mol. The average molecular weight is 313 g/mol. The van der Waals surface area contributed by atoms with Crippen LogP contribution in [0.3, 0.4) is 0 Å². The lowest BCUT2D eigenvalue weighted by Crippen LogP contribution is -2.29. The van der Waals surface area contributed by atoms with Gasteiger partial charge in [-0.3, -0.25) is 4.79 Å². The fourth-order valence-electron chi connectivity index (χ4n) is 1.95. The third kappa shape index (κ3) is 4.93. The molecule has 0 saturated carbocycles. The molecule has 1 atom stereocenters. The van der Waals surface area contributed by atoms with Crippen LogP contribution in [0.15, 0.2) is 54.6 Å². The molecule has 0 aromatic heterocycles. The first-order chi connectivity index (χ1) is 11.1. The summed E-state index contributed by atoms with van der Waals surface area (Å²) in [4.78, 5) is 24.1. The van der Waals surface area contributed by atoms with E-state index < -0.39 is 12.1 Å². The third-order valence-electron chi connectivity index (χ3n) is 3.20. The Labute approximate surface area is 135 Å². The highest BCUT2D eigenvalue weighted by Gasteiger charge is 2.19. The predicted octanol–water partition coefficient (Wildman–Crippen LogP) is 3.02. The summed E-state index contributed by atoms with van der Waals surface area (Å²) in [6, 6.07) is 15.9. The Balaban J connectivity index is 1.92. The van der Waals surface area contributed by atoms with E-state index in [0.717, 1.165) is 5.56 Å². The van der Waals surface area contributed by atoms with E-state index >= 15 is 0 Å². The lowest BCUT2D eigenvalue weighted by molar-refractivity contribution is -0.123. The molecule has 0 fully saturated rings. The van der Waals surface area contributed by atoms with Crippen molar-refractivity contribution >= 4 is 17.6 Å². The van der Waals surface area contributed by atoms with Crippen LogP contribution in [0.4, 0.5) is 5.69 Å². The van der Waals surface area contributed by atoms with E-state index in [9.17, 15) is 9.59 Å². The number of esters is 1. The number of hydrogen-bond acceptors (Lipinski definition) is 4. The van der Waals surface area contributed by atoms with E-state index in [1.807, 2.05) is 18.2 Å². The van der Waals surface area contributed by atoms with Gasteiger partial charge in [0.1, 0.15) is 0 Å². The number of nitrogens with one attached hydrogen (secondary N) is 1. The molecule has 120 valence electrons. The second kappa shape index (κ2) is 8.10. The number of benzene rings is 2. The quantitative estimate of drug-likeness (QED) is 0.833. The number of rotatable bonds is 6. The second-order valence-corrected chi connectivity index (χ2v) is 5.03. The van der Waals surface area contributed by atoms with Crippen LogP contribution in [0.1, 0.15) is 22.8 Å². The van der Waals surface area contributed by atoms with Crippen LogP contribution in [0.2, 0.25) is 0 Å². The Hall–Kier alpha value is -2.66. The van der Waals surface area contributed by atoms with Gasteiger partial charge in [0, 0.05) is 12.8 Å². The summed E-state index contributed by atoms with van der Waals surface area (Å²) in [7, 11) is 1.61. The van der Waals surface area contributed by atoms with E-state index in [-0.39, 0.29) is 5.91 Å². The Morgan fingerprint density at radius 2 is 1.70 bits per heavy atom. The summed E-state index contributed by atoms with van der Waals surface area (Å²) in [5.74, 6) is -0.912. The standard InChI is InChI=1S/C18H19NO4/c1-13(17(20)19-16-6-4-3-5-7-16)23-18(21)15-10-8-14(9-11-15)12-22-2/h3-11,13H,12H2,1-2H3,(H,19,20)/t13-/m0/s1. The van der Waals surface area contributed by atoms with Crippen molar-refractivity contribution in [2.45, 2.75) is 19.6 Å². The molecular weight excluding hydrogens is 294 g/mol. The van der Waals surface area contributed by atoms with Crippen LogP contribution < -0.4 is 5.32 Å². The first-order valence-corrected chi connectivity index (χ1v) is 7.25. The second-order valence-electron chi connectivity index (χ2n) is 5.03. The van der Waals surface area contributed by atoms with Gasteiger partial charge in [-0.05, 0) is 36.8 Å². The lowest BCUT2D eigenvalue weighted by atomic mass is 10.1. The summed E-state index contributed by atoms with van der Waals surface area (Å²) in [5.41, 5.74) is 2.01. The Bertz CT molecular complexity index is 652. The van der Waals surface area contributed by atoms with Crippen LogP contribution in [-0.2, 0) is 20.9 Å². The Kier molecular flexibility index (Phi) is 5.88. The van der Waals surface area contributed by atoms with E-state index in [1.165, 1.54) is 6.92 Å². The maximum absolute atomic E-state index is 12.0. The van der Waals surface area contributed by atoms with Gasteiger partial charge >= 0.3 is 5.97 Å². The first-order valence-electron chi connectivity index (χ1n) is 7.25. The van der Waals surface area contributed by atoms with Gasteiger partial charge in [0.15, 0.2) is 6.10 Å². The smallest absolute Gasteiger partial charge is 0.338 e. The van der Waals surface area contributed by atoms with Crippen molar-refractivity contribution in [2.75, 3.05) is 12.4 Å². The molecule has 2 aromatic carbocycles. The molecule has 1 amide bonds. The number of ether oxygens (including phenoxy) is 2. The van der Waals surface area contributed by atoms with Crippen molar-refractivity contribution in [1.82, 2.24) is 0 Å². The molecule has 0 heterocycles. The molecule has 23 heavy (non-hydrogen) atoms. The normalized spacial score (nSPS) is 11.6. The van der Waals surface area contributed by atoms with Crippen molar-refractivity contribution in [3.63, 3.8) is 0 Å². The number of hydrogen-bond donors (Lipinski definition) is 1. The van der Waals surface area contributed by atoms with Crippen molar-refractivity contribution in [1.29, 1.82) is 0 Å². The monoisotopic (exact) mass is 313 g/mol. The molecule has 0 aliphatic carbocycles. The SMILES string of the molecule is COCc1ccc(C(=O)O[C@@H](C)C(=O)Nc2ccccc2)cc1. The summed E-state index contributed by atoms with van der Waals surface area (Å²) in [5, 5.41) is 2.69. The third-order valence-corrected chi connectivity index (χ3v) is 3.20. The van der Waals surface area contributed by atoms with Gasteiger partial charge in [-0.25, -0.2) is 4.79 Å². The van der Waals surface area contributed by atoms with E-state index in [2.05, 4.69) is 5.32 Å². The van der Waals surface area contributed by atoms with Crippen molar-refractivity contribution in [2.24, 2.45) is 0 Å². The number of carbonyl (C=O) groups is 2. The van der Waals surface area contributed by atoms with Crippen molar-refractivity contribution in [3.8, 4) is 0 Å². The molecule has 0 radical (unpaired) electrons. The highest BCUT2D eigenvalue weighted by Crippen LogP contribution is 2.10. The van der Waals surface area contributed by atoms with Crippen LogP contribution in [0, 0.1) is 0 Å². The molecule has 5 heteroatoms. The highest BCUT2D eigenvalue weighted by molar-refractivity contribution is 5.97. The number of carbonyl (C=O) groups excluding carboxylic acids is 2. The molecule has 0 aliphatic heterocycles. The molecule has 0 spiro atoms. The zero-order valence-corrected chi connectivity index (χ0v) is 13.1. The maximum Gasteiger partial charge on any atom is 0.338 e. The highest BCUT2D eigenvalue weighted by atomic mass is 16.5. The molecule has 0 saturated heterocycles. The number of methoxy groups -OCH3 is 1. The maximum atomic E-state index is 12.0. The summed E-state index contributed by atoms with van der Waals surface area (Å²) in [6.45, 7) is 2.01. The van der Waals surface area contributed by atoms with Gasteiger partial charge in [-0.15, -0.1) is 0 Å². The van der Waals surface area contributed by atoms with Crippen molar-refractivity contribution < 1.29 is 19.1 Å². The molecule has 5 nitrogen and oxygen atoms in total. The molecule has 2 rings (SSSR count). The van der Waals surface area contributed by atoms with Crippen LogP contribution in [0.25, 0.3) is 0 Å². The van der Waals surface area contributed by atoms with Crippen LogP contribution >= 0.6 is 0 Å². The van der Waals surface area contributed by atoms with Gasteiger partial charge in [0.25, 0.3) is 5.91 Å². The minimum atomic E-state index is -0.888. The number of para-hydroxylation sites is 1. The summed E-state index contributed by atoms with van der Waals surface area (Å²) < 4.78 is 10.2. The van der Waals surface area contributed by atoms with Gasteiger partial charge in [0.2, 0.25) is 0 Å². The van der Waals surface area contributed by atoms with Gasteiger partial charge < -0.3 is 14.8 Å². The van der Waals surface area contributed by atoms with Gasteiger partial charge in [-0.2, -0.15) is 0 Å². The van der Waals surface area contributed by atoms with E-state index in [4.69, 9.17) is 9.47 Å². The van der Waals surface area contributed by atoms with E-state index in [1.54, 1.807) is 43.5 Å². The van der Waals surface area contributed by atoms with Gasteiger partial charge in [-0.1, -0.05) is 30.3 Å². The average Bonchev–Trinajstić information content (AvgIpc) is 2.56. The zero-order valence-electron chi connectivity index (χ0n) is 13.1. The lowest BCUT2D eigenvalue weighted by Gasteiger charge is -2.13. The van der Waals surface area contributed by atoms with Crippen LogP contribution in [0.5, 0.6) is 0 Å². The van der Waals surface area contributed by atoms with Gasteiger partial charge in [0.05, 0.1) is 12.2 Å². The molecule has 2 aromatic rings. The molecule has 1 N–H and O–H groups in total. The van der Waals surface area contributed by atoms with E-state index in [0.29, 0.717) is 17.9 Å². The summed E-state index contributed by atoms with van der Waals surface area (Å²) in [6.07, 6.45) is -0.888. The fraction of sp³-hybridized carbons (Fsp3) is 0.222. The molecule has 0 bridgehead atoms. The summed E-state index contributed by atoms with van der Waals surface area (Å²) >= 11 is 0. The first kappa shape index (κ1) is 16.7. The van der Waals surface area contributed by atoms with Crippen LogP contribution in [-0.4, -0.2) is 25.1 Å². The zero-order chi connectivity index (χ0) is 16.7. The van der Waals surface area contributed by atoms with Crippen molar-refractivity contribution in [3.05, 3.63) is 65.7 Å². The largest absolute Gasteiger partial charge is 0.449 e. The minimum Gasteiger partial charge on any atom is -0.449 e. The topological polar surface area (TPSA) is 64.6 Å². The molecule has 0 aliphatic rings. The Morgan fingerprint density at radius 1 is 1.04 bits per heavy atom. The fourth-order valence-corrected chi connectivity index (χ4v) is 1.95. The number of amides is 1. The Morgan fingerprint density at radius 3 is 2.30 bits per heavy atom. The molecule has 0 unspecified atom stereocenters. The minimum absolute atomic E-state index is 0.374.